The van der Waals surface area contributed by atoms with Crippen LogP contribution < -0.4 is 15.0 Å². The van der Waals surface area contributed by atoms with Crippen molar-refractivity contribution in [3.63, 3.8) is 0 Å². The molecule has 0 aliphatic heterocycles. The van der Waals surface area contributed by atoms with Crippen molar-refractivity contribution in [2.45, 2.75) is 27.7 Å². The van der Waals surface area contributed by atoms with Gasteiger partial charge in [-0.2, -0.15) is 0 Å². The Morgan fingerprint density at radius 3 is 2.50 bits per heavy atom. The quantitative estimate of drug-likeness (QED) is 0.703. The molecule has 0 saturated carbocycles. The fraction of sp³-hybridized carbons (Fsp3) is 0.333. The number of carbonyl (C=O) groups excluding carboxylic acids is 1. The lowest BCUT2D eigenvalue weighted by Crippen LogP contribution is -2.26. The van der Waals surface area contributed by atoms with E-state index in [2.05, 4.69) is 39.0 Å². The molecule has 0 aliphatic carbocycles. The van der Waals surface area contributed by atoms with Crippen LogP contribution in [0.2, 0.25) is 0 Å². The fourth-order valence-corrected chi connectivity index (χ4v) is 3.24. The smallest absolute Gasteiger partial charge is 0.293 e. The standard InChI is InChI=1S/C21H25N5O2/c1-6-26(7-2)20-17-13(3)12-14(4)22-18(17)24-19(25-20)21(27)23-15-10-8-9-11-16(15)28-5/h8-12H,6-7H2,1-5H3,(H,23,27). The van der Waals surface area contributed by atoms with E-state index in [9.17, 15) is 4.79 Å². The number of fused-ring (bicyclic) bond motifs is 1. The third-order valence-electron chi connectivity index (χ3n) is 4.59. The Kier molecular flexibility index (Phi) is 5.73. The second-order valence-electron chi connectivity index (χ2n) is 6.48. The summed E-state index contributed by atoms with van der Waals surface area (Å²) in [6, 6.07) is 9.24. The Bertz CT molecular complexity index is 1020. The van der Waals surface area contributed by atoms with Crippen molar-refractivity contribution in [3.8, 4) is 5.75 Å². The van der Waals surface area contributed by atoms with Crippen LogP contribution in [0.1, 0.15) is 35.7 Å². The first-order valence-corrected chi connectivity index (χ1v) is 9.33. The Balaban J connectivity index is 2.11. The minimum absolute atomic E-state index is 0.0813. The Hall–Kier alpha value is -3.22. The van der Waals surface area contributed by atoms with Crippen LogP contribution in [-0.2, 0) is 0 Å². The highest BCUT2D eigenvalue weighted by atomic mass is 16.5. The second-order valence-corrected chi connectivity index (χ2v) is 6.48. The van der Waals surface area contributed by atoms with Crippen molar-refractivity contribution in [3.05, 3.63) is 47.4 Å². The number of anilines is 2. The zero-order valence-electron chi connectivity index (χ0n) is 16.9. The van der Waals surface area contributed by atoms with Gasteiger partial charge in [0.1, 0.15) is 11.6 Å². The first kappa shape index (κ1) is 19.5. The summed E-state index contributed by atoms with van der Waals surface area (Å²) in [5.74, 6) is 0.981. The maximum absolute atomic E-state index is 12.9. The largest absolute Gasteiger partial charge is 0.495 e. The van der Waals surface area contributed by atoms with Crippen LogP contribution in [0.25, 0.3) is 11.0 Å². The van der Waals surface area contributed by atoms with E-state index in [1.807, 2.05) is 32.0 Å². The molecule has 0 unspecified atom stereocenters. The molecule has 3 rings (SSSR count). The van der Waals surface area contributed by atoms with Gasteiger partial charge < -0.3 is 15.0 Å². The highest BCUT2D eigenvalue weighted by Gasteiger charge is 2.20. The number of pyridine rings is 1. The number of nitrogens with zero attached hydrogens (tertiary/aromatic N) is 4. The number of benzene rings is 1. The average molecular weight is 379 g/mol. The van der Waals surface area contributed by atoms with Crippen molar-refractivity contribution in [2.75, 3.05) is 30.4 Å². The van der Waals surface area contributed by atoms with Crippen molar-refractivity contribution < 1.29 is 9.53 Å². The zero-order chi connectivity index (χ0) is 20.3. The number of para-hydroxylation sites is 2. The molecule has 2 heterocycles. The second kappa shape index (κ2) is 8.21. The van der Waals surface area contributed by atoms with Crippen LogP contribution >= 0.6 is 0 Å². The molecule has 0 spiro atoms. The summed E-state index contributed by atoms with van der Waals surface area (Å²) >= 11 is 0. The lowest BCUT2D eigenvalue weighted by Gasteiger charge is -2.22. The number of hydrogen-bond acceptors (Lipinski definition) is 6. The van der Waals surface area contributed by atoms with Crippen molar-refractivity contribution in [1.82, 2.24) is 15.0 Å². The molecule has 7 heteroatoms. The molecule has 1 N–H and O–H groups in total. The molecular formula is C21H25N5O2. The van der Waals surface area contributed by atoms with Gasteiger partial charge in [-0.25, -0.2) is 15.0 Å². The first-order chi connectivity index (χ1) is 13.5. The summed E-state index contributed by atoms with van der Waals surface area (Å²) in [6.07, 6.45) is 0. The van der Waals surface area contributed by atoms with Crippen LogP contribution in [0.3, 0.4) is 0 Å². The lowest BCUT2D eigenvalue weighted by molar-refractivity contribution is 0.101. The molecule has 3 aromatic rings. The van der Waals surface area contributed by atoms with E-state index in [0.29, 0.717) is 17.1 Å². The van der Waals surface area contributed by atoms with Crippen molar-refractivity contribution >= 4 is 28.4 Å². The summed E-state index contributed by atoms with van der Waals surface area (Å²) in [6.45, 7) is 9.58. The van der Waals surface area contributed by atoms with Gasteiger partial charge in [0.2, 0.25) is 5.82 Å². The van der Waals surface area contributed by atoms with E-state index in [1.54, 1.807) is 19.2 Å². The molecule has 7 nitrogen and oxygen atoms in total. The molecule has 0 aliphatic rings. The minimum Gasteiger partial charge on any atom is -0.495 e. The van der Waals surface area contributed by atoms with Gasteiger partial charge in [0.05, 0.1) is 18.2 Å². The molecular weight excluding hydrogens is 354 g/mol. The van der Waals surface area contributed by atoms with Gasteiger partial charge in [0.15, 0.2) is 5.65 Å². The highest BCUT2D eigenvalue weighted by Crippen LogP contribution is 2.28. The fourth-order valence-electron chi connectivity index (χ4n) is 3.24. The number of hydrogen-bond donors (Lipinski definition) is 1. The van der Waals surface area contributed by atoms with Crippen molar-refractivity contribution in [1.29, 1.82) is 0 Å². The Labute approximate surface area is 164 Å². The maximum atomic E-state index is 12.9. The van der Waals surface area contributed by atoms with Gasteiger partial charge in [0, 0.05) is 18.8 Å². The summed E-state index contributed by atoms with van der Waals surface area (Å²) in [7, 11) is 1.56. The number of aryl methyl sites for hydroxylation is 2. The monoisotopic (exact) mass is 379 g/mol. The number of amides is 1. The highest BCUT2D eigenvalue weighted by molar-refractivity contribution is 6.04. The summed E-state index contributed by atoms with van der Waals surface area (Å²) in [4.78, 5) is 28.6. The molecule has 146 valence electrons. The molecule has 1 amide bonds. The van der Waals surface area contributed by atoms with Gasteiger partial charge in [-0.05, 0) is 51.5 Å². The van der Waals surface area contributed by atoms with Gasteiger partial charge >= 0.3 is 0 Å². The molecule has 0 saturated heterocycles. The molecule has 2 aromatic heterocycles. The number of aromatic nitrogens is 3. The number of methoxy groups -OCH3 is 1. The molecule has 0 atom stereocenters. The predicted octanol–water partition coefficient (Wildman–Crippen LogP) is 3.75. The topological polar surface area (TPSA) is 80.2 Å². The van der Waals surface area contributed by atoms with Crippen LogP contribution in [0.15, 0.2) is 30.3 Å². The van der Waals surface area contributed by atoms with Gasteiger partial charge in [-0.15, -0.1) is 0 Å². The number of carbonyl (C=O) groups is 1. The lowest BCUT2D eigenvalue weighted by atomic mass is 10.1. The molecule has 1 aromatic carbocycles. The van der Waals surface area contributed by atoms with Crippen molar-refractivity contribution in [2.24, 2.45) is 0 Å². The molecule has 0 fully saturated rings. The Morgan fingerprint density at radius 1 is 1.11 bits per heavy atom. The predicted molar refractivity (Wildman–Crippen MR) is 111 cm³/mol. The first-order valence-electron chi connectivity index (χ1n) is 9.33. The van der Waals surface area contributed by atoms with E-state index in [4.69, 9.17) is 4.74 Å². The number of nitrogens with one attached hydrogen (secondary N) is 1. The number of ether oxygens (including phenoxy) is 1. The third-order valence-corrected chi connectivity index (χ3v) is 4.59. The van der Waals surface area contributed by atoms with Crippen LogP contribution in [-0.4, -0.2) is 41.1 Å². The molecule has 0 bridgehead atoms. The molecule has 0 radical (unpaired) electrons. The van der Waals surface area contributed by atoms with E-state index in [1.165, 1.54) is 0 Å². The van der Waals surface area contributed by atoms with Gasteiger partial charge in [0.25, 0.3) is 5.91 Å². The molecule has 28 heavy (non-hydrogen) atoms. The average Bonchev–Trinajstić information content (AvgIpc) is 2.68. The van der Waals surface area contributed by atoms with E-state index in [-0.39, 0.29) is 5.82 Å². The Morgan fingerprint density at radius 2 is 1.82 bits per heavy atom. The van der Waals surface area contributed by atoms with Gasteiger partial charge in [-0.1, -0.05) is 12.1 Å². The summed E-state index contributed by atoms with van der Waals surface area (Å²) in [5.41, 5.74) is 2.99. The van der Waals surface area contributed by atoms with Gasteiger partial charge in [-0.3, -0.25) is 4.79 Å². The SMILES string of the molecule is CCN(CC)c1nc(C(=O)Nc2ccccc2OC)nc2nc(C)cc(C)c12. The normalized spacial score (nSPS) is 10.8. The number of rotatable bonds is 6. The maximum Gasteiger partial charge on any atom is 0.293 e. The van der Waals surface area contributed by atoms with Crippen LogP contribution in [0.4, 0.5) is 11.5 Å². The zero-order valence-corrected chi connectivity index (χ0v) is 16.9. The summed E-state index contributed by atoms with van der Waals surface area (Å²) in [5, 5.41) is 3.72. The van der Waals surface area contributed by atoms with E-state index >= 15 is 0 Å². The van der Waals surface area contributed by atoms with E-state index < -0.39 is 5.91 Å². The van der Waals surface area contributed by atoms with Crippen LogP contribution in [0, 0.1) is 13.8 Å². The summed E-state index contributed by atoms with van der Waals surface area (Å²) < 4.78 is 5.30. The van der Waals surface area contributed by atoms with E-state index in [0.717, 1.165) is 35.6 Å². The van der Waals surface area contributed by atoms with Crippen LogP contribution in [0.5, 0.6) is 5.75 Å². The minimum atomic E-state index is -0.402. The third kappa shape index (κ3) is 3.74.